The smallest absolute Gasteiger partial charge is 0.255 e. The second-order valence-electron chi connectivity index (χ2n) is 6.58. The van der Waals surface area contributed by atoms with Gasteiger partial charge in [-0.25, -0.2) is 0 Å². The minimum atomic E-state index is -0.435. The Kier molecular flexibility index (Phi) is 5.21. The van der Waals surface area contributed by atoms with Crippen LogP contribution in [0, 0.1) is 5.92 Å². The van der Waals surface area contributed by atoms with Gasteiger partial charge in [-0.05, 0) is 37.3 Å². The lowest BCUT2D eigenvalue weighted by Gasteiger charge is -2.27. The number of nitrogens with one attached hydrogen (secondary N) is 1. The summed E-state index contributed by atoms with van der Waals surface area (Å²) in [5.74, 6) is -0.00791. The molecule has 0 bridgehead atoms. The summed E-state index contributed by atoms with van der Waals surface area (Å²) in [5, 5.41) is 13.1. The molecule has 0 spiro atoms. The van der Waals surface area contributed by atoms with Crippen LogP contribution < -0.4 is 5.32 Å². The molecule has 130 valence electrons. The van der Waals surface area contributed by atoms with Gasteiger partial charge < -0.3 is 15.3 Å². The normalized spacial score (nSPS) is 20.8. The lowest BCUT2D eigenvalue weighted by atomic mass is 9.83. The molecule has 1 atom stereocenters. The summed E-state index contributed by atoms with van der Waals surface area (Å²) >= 11 is 11.7. The van der Waals surface area contributed by atoms with Crippen LogP contribution in [-0.4, -0.2) is 41.0 Å². The van der Waals surface area contributed by atoms with Gasteiger partial charge in [0, 0.05) is 30.6 Å². The van der Waals surface area contributed by atoms with Crippen molar-refractivity contribution in [3.05, 3.63) is 27.7 Å². The second kappa shape index (κ2) is 7.19. The van der Waals surface area contributed by atoms with E-state index in [2.05, 4.69) is 5.32 Å². The first-order valence-electron chi connectivity index (χ1n) is 8.20. The van der Waals surface area contributed by atoms with Gasteiger partial charge in [-0.1, -0.05) is 29.6 Å². The highest BCUT2D eigenvalue weighted by Crippen LogP contribution is 2.32. The van der Waals surface area contributed by atoms with Crippen LogP contribution in [0.3, 0.4) is 0 Å². The summed E-state index contributed by atoms with van der Waals surface area (Å²) in [5.41, 5.74) is 0.0479. The quantitative estimate of drug-likeness (QED) is 0.854. The number of amides is 2. The minimum absolute atomic E-state index is 0.0383. The number of hydrogen-bond donors (Lipinski definition) is 2. The van der Waals surface area contributed by atoms with Crippen molar-refractivity contribution >= 4 is 35.0 Å². The number of hydrogen-bond acceptors (Lipinski definition) is 3. The first kappa shape index (κ1) is 17.4. The summed E-state index contributed by atoms with van der Waals surface area (Å²) < 4.78 is 0. The Morgan fingerprint density at radius 3 is 2.67 bits per heavy atom. The molecule has 5 nitrogen and oxygen atoms in total. The molecule has 1 aliphatic carbocycles. The van der Waals surface area contributed by atoms with E-state index in [1.54, 1.807) is 0 Å². The van der Waals surface area contributed by atoms with Crippen LogP contribution in [0.2, 0.25) is 10.0 Å². The third-order valence-electron chi connectivity index (χ3n) is 4.84. The van der Waals surface area contributed by atoms with Crippen molar-refractivity contribution in [1.82, 2.24) is 10.2 Å². The predicted molar refractivity (Wildman–Crippen MR) is 92.5 cm³/mol. The molecule has 2 fully saturated rings. The van der Waals surface area contributed by atoms with E-state index in [1.807, 2.05) is 4.90 Å². The number of aromatic hydroxyl groups is 1. The second-order valence-corrected chi connectivity index (χ2v) is 7.43. The average Bonchev–Trinajstić information content (AvgIpc) is 2.95. The fourth-order valence-electron chi connectivity index (χ4n) is 3.18. The molecule has 1 unspecified atom stereocenters. The zero-order chi connectivity index (χ0) is 17.3. The van der Waals surface area contributed by atoms with E-state index in [0.29, 0.717) is 31.8 Å². The number of carbonyl (C=O) groups is 2. The molecule has 0 aromatic heterocycles. The zero-order valence-electron chi connectivity index (χ0n) is 13.2. The number of rotatable bonds is 4. The van der Waals surface area contributed by atoms with Crippen molar-refractivity contribution in [2.24, 2.45) is 5.92 Å². The summed E-state index contributed by atoms with van der Waals surface area (Å²) in [6, 6.07) is 2.64. The molecule has 2 N–H and O–H groups in total. The Morgan fingerprint density at radius 1 is 1.25 bits per heavy atom. The first-order valence-corrected chi connectivity index (χ1v) is 8.96. The standard InChI is InChI=1S/C17H20Cl2N2O3/c18-11-7-13(16(23)14(19)8-11)17(24)20-12-4-5-21(9-12)15(22)6-10-2-1-3-10/h7-8,10,12,23H,1-6,9H2,(H,20,24). The van der Waals surface area contributed by atoms with E-state index < -0.39 is 5.91 Å². The van der Waals surface area contributed by atoms with Crippen molar-refractivity contribution < 1.29 is 14.7 Å². The maximum atomic E-state index is 12.3. The maximum absolute atomic E-state index is 12.3. The summed E-state index contributed by atoms with van der Waals surface area (Å²) in [4.78, 5) is 26.4. The van der Waals surface area contributed by atoms with Crippen LogP contribution in [-0.2, 0) is 4.79 Å². The first-order chi connectivity index (χ1) is 11.4. The monoisotopic (exact) mass is 370 g/mol. The fraction of sp³-hybridized carbons (Fsp3) is 0.529. The third kappa shape index (κ3) is 3.78. The largest absolute Gasteiger partial charge is 0.506 e. The van der Waals surface area contributed by atoms with E-state index >= 15 is 0 Å². The summed E-state index contributed by atoms with van der Waals surface area (Å²) in [7, 11) is 0. The Labute approximate surface area is 150 Å². The molecule has 3 rings (SSSR count). The van der Waals surface area contributed by atoms with E-state index in [9.17, 15) is 14.7 Å². The van der Waals surface area contributed by atoms with Crippen molar-refractivity contribution in [2.75, 3.05) is 13.1 Å². The van der Waals surface area contributed by atoms with E-state index in [0.717, 1.165) is 12.8 Å². The number of carbonyl (C=O) groups excluding carboxylic acids is 2. The van der Waals surface area contributed by atoms with Gasteiger partial charge in [0.25, 0.3) is 5.91 Å². The number of phenolic OH excluding ortho intramolecular Hbond substituents is 1. The van der Waals surface area contributed by atoms with Crippen molar-refractivity contribution in [2.45, 2.75) is 38.1 Å². The molecule has 24 heavy (non-hydrogen) atoms. The zero-order valence-corrected chi connectivity index (χ0v) is 14.7. The lowest BCUT2D eigenvalue weighted by Crippen LogP contribution is -2.39. The average molecular weight is 371 g/mol. The number of phenols is 1. The van der Waals surface area contributed by atoms with Crippen LogP contribution in [0.5, 0.6) is 5.75 Å². The fourth-order valence-corrected chi connectivity index (χ4v) is 3.67. The molecule has 2 aliphatic rings. The molecule has 1 aliphatic heterocycles. The van der Waals surface area contributed by atoms with Crippen molar-refractivity contribution in [3.63, 3.8) is 0 Å². The van der Waals surface area contributed by atoms with Gasteiger partial charge in [0.15, 0.2) is 0 Å². The molecule has 7 heteroatoms. The number of halogens is 2. The SMILES string of the molecule is O=C(NC1CCN(C(=O)CC2CCC2)C1)c1cc(Cl)cc(Cl)c1O. The highest BCUT2D eigenvalue weighted by atomic mass is 35.5. The molecular weight excluding hydrogens is 351 g/mol. The van der Waals surface area contributed by atoms with Crippen LogP contribution in [0.4, 0.5) is 0 Å². The van der Waals surface area contributed by atoms with Crippen molar-refractivity contribution in [3.8, 4) is 5.75 Å². The minimum Gasteiger partial charge on any atom is -0.506 e. The third-order valence-corrected chi connectivity index (χ3v) is 5.34. The Morgan fingerprint density at radius 2 is 2.00 bits per heavy atom. The molecule has 2 amide bonds. The summed E-state index contributed by atoms with van der Waals surface area (Å²) in [6.45, 7) is 1.16. The van der Waals surface area contributed by atoms with E-state index in [1.165, 1.54) is 18.6 Å². The lowest BCUT2D eigenvalue weighted by molar-refractivity contribution is -0.131. The molecular formula is C17H20Cl2N2O3. The van der Waals surface area contributed by atoms with Crippen LogP contribution >= 0.6 is 23.2 Å². The van der Waals surface area contributed by atoms with Gasteiger partial charge in [-0.3, -0.25) is 9.59 Å². The molecule has 1 heterocycles. The topological polar surface area (TPSA) is 69.6 Å². The molecule has 1 saturated carbocycles. The van der Waals surface area contributed by atoms with Crippen LogP contribution in [0.25, 0.3) is 0 Å². The maximum Gasteiger partial charge on any atom is 0.255 e. The van der Waals surface area contributed by atoms with Crippen LogP contribution in [0.1, 0.15) is 42.5 Å². The summed E-state index contributed by atoms with van der Waals surface area (Å²) in [6.07, 6.45) is 4.84. The van der Waals surface area contributed by atoms with E-state index in [4.69, 9.17) is 23.2 Å². The van der Waals surface area contributed by atoms with Crippen molar-refractivity contribution in [1.29, 1.82) is 0 Å². The molecule has 1 saturated heterocycles. The molecule has 1 aromatic carbocycles. The Balaban J connectivity index is 1.57. The number of likely N-dealkylation sites (tertiary alicyclic amines) is 1. The van der Waals surface area contributed by atoms with Gasteiger partial charge in [-0.15, -0.1) is 0 Å². The van der Waals surface area contributed by atoms with Gasteiger partial charge in [0.2, 0.25) is 5.91 Å². The Hall–Kier alpha value is -1.46. The van der Waals surface area contributed by atoms with Gasteiger partial charge in [0.05, 0.1) is 10.6 Å². The van der Waals surface area contributed by atoms with Gasteiger partial charge in [0.1, 0.15) is 5.75 Å². The molecule has 0 radical (unpaired) electrons. The van der Waals surface area contributed by atoms with Gasteiger partial charge in [-0.2, -0.15) is 0 Å². The number of nitrogens with zero attached hydrogens (tertiary/aromatic N) is 1. The highest BCUT2D eigenvalue weighted by molar-refractivity contribution is 6.36. The number of benzene rings is 1. The van der Waals surface area contributed by atoms with Crippen LogP contribution in [0.15, 0.2) is 12.1 Å². The van der Waals surface area contributed by atoms with E-state index in [-0.39, 0.29) is 33.3 Å². The Bertz CT molecular complexity index is 661. The highest BCUT2D eigenvalue weighted by Gasteiger charge is 2.30. The molecule has 1 aromatic rings. The predicted octanol–water partition coefficient (Wildman–Crippen LogP) is 3.22. The van der Waals surface area contributed by atoms with Gasteiger partial charge >= 0.3 is 0 Å².